The molecule has 0 aliphatic carbocycles. The van der Waals surface area contributed by atoms with Gasteiger partial charge in [-0.15, -0.1) is 11.3 Å². The zero-order valence-electron chi connectivity index (χ0n) is 8.72. The number of carbonyl (C=O) groups is 1. The Kier molecular flexibility index (Phi) is 3.47. The van der Waals surface area contributed by atoms with Crippen LogP contribution in [0.3, 0.4) is 0 Å². The predicted octanol–water partition coefficient (Wildman–Crippen LogP) is 2.35. The van der Waals surface area contributed by atoms with Crippen molar-refractivity contribution >= 4 is 34.5 Å². The lowest BCUT2D eigenvalue weighted by atomic mass is 10.2. The summed E-state index contributed by atoms with van der Waals surface area (Å²) >= 11 is 7.23. The van der Waals surface area contributed by atoms with Crippen LogP contribution in [-0.4, -0.2) is 24.7 Å². The summed E-state index contributed by atoms with van der Waals surface area (Å²) in [7, 11) is 0. The largest absolute Gasteiger partial charge is 0.324 e. The lowest BCUT2D eigenvalue weighted by molar-refractivity contribution is -0.117. The summed E-state index contributed by atoms with van der Waals surface area (Å²) in [4.78, 5) is 12.7. The standard InChI is InChI=1S/C10H12ClFN2OS/c1-5-7(3-9(11)16-5)14-10(15)8-2-6(12)4-13-8/h3,6,8,13H,2,4H2,1H3,(H,14,15)/t6-,8+/m1/s1. The molecule has 0 radical (unpaired) electrons. The fourth-order valence-corrected chi connectivity index (χ4v) is 2.83. The molecule has 1 amide bonds. The minimum Gasteiger partial charge on any atom is -0.324 e. The predicted molar refractivity (Wildman–Crippen MR) is 64.0 cm³/mol. The van der Waals surface area contributed by atoms with Gasteiger partial charge in [0, 0.05) is 17.8 Å². The summed E-state index contributed by atoms with van der Waals surface area (Å²) in [6, 6.07) is 1.27. The number of halogens is 2. The van der Waals surface area contributed by atoms with Gasteiger partial charge in [0.05, 0.1) is 16.1 Å². The number of aryl methyl sites for hydroxylation is 1. The normalized spacial score (nSPS) is 24.7. The Hall–Kier alpha value is -0.650. The van der Waals surface area contributed by atoms with Crippen LogP contribution in [0.5, 0.6) is 0 Å². The summed E-state index contributed by atoms with van der Waals surface area (Å²) < 4.78 is 13.5. The molecule has 3 nitrogen and oxygen atoms in total. The Balaban J connectivity index is 1.99. The molecule has 16 heavy (non-hydrogen) atoms. The summed E-state index contributed by atoms with van der Waals surface area (Å²) in [5, 5.41) is 5.59. The van der Waals surface area contributed by atoms with Crippen LogP contribution in [0.15, 0.2) is 6.07 Å². The number of hydrogen-bond donors (Lipinski definition) is 2. The molecular formula is C10H12ClFN2OS. The van der Waals surface area contributed by atoms with E-state index < -0.39 is 12.2 Å². The molecule has 1 aromatic heterocycles. The molecule has 0 spiro atoms. The van der Waals surface area contributed by atoms with E-state index in [9.17, 15) is 9.18 Å². The minimum atomic E-state index is -0.928. The summed E-state index contributed by atoms with van der Waals surface area (Å²) in [5.74, 6) is -0.197. The Morgan fingerprint density at radius 2 is 2.50 bits per heavy atom. The number of nitrogens with one attached hydrogen (secondary N) is 2. The molecule has 6 heteroatoms. The van der Waals surface area contributed by atoms with Crippen LogP contribution in [0.1, 0.15) is 11.3 Å². The number of alkyl halides is 1. The van der Waals surface area contributed by atoms with Crippen molar-refractivity contribution in [2.45, 2.75) is 25.6 Å². The van der Waals surface area contributed by atoms with Crippen molar-refractivity contribution in [3.63, 3.8) is 0 Å². The maximum absolute atomic E-state index is 12.9. The highest BCUT2D eigenvalue weighted by Gasteiger charge is 2.29. The molecule has 0 bridgehead atoms. The first-order chi connectivity index (χ1) is 7.56. The molecule has 1 aliphatic heterocycles. The fraction of sp³-hybridized carbons (Fsp3) is 0.500. The van der Waals surface area contributed by atoms with Gasteiger partial charge in [0.2, 0.25) is 5.91 Å². The second kappa shape index (κ2) is 4.69. The highest BCUT2D eigenvalue weighted by molar-refractivity contribution is 7.16. The quantitative estimate of drug-likeness (QED) is 0.859. The monoisotopic (exact) mass is 262 g/mol. The van der Waals surface area contributed by atoms with Gasteiger partial charge in [-0.25, -0.2) is 4.39 Å². The Morgan fingerprint density at radius 1 is 1.75 bits per heavy atom. The van der Waals surface area contributed by atoms with Crippen LogP contribution in [-0.2, 0) is 4.79 Å². The van der Waals surface area contributed by atoms with E-state index in [1.165, 1.54) is 11.3 Å². The molecule has 0 unspecified atom stereocenters. The van der Waals surface area contributed by atoms with Crippen LogP contribution >= 0.6 is 22.9 Å². The van der Waals surface area contributed by atoms with Crippen LogP contribution in [0.25, 0.3) is 0 Å². The molecule has 88 valence electrons. The van der Waals surface area contributed by atoms with E-state index in [0.717, 1.165) is 4.88 Å². The van der Waals surface area contributed by atoms with Gasteiger partial charge >= 0.3 is 0 Å². The van der Waals surface area contributed by atoms with Gasteiger partial charge in [-0.2, -0.15) is 0 Å². The lowest BCUT2D eigenvalue weighted by Crippen LogP contribution is -2.35. The first-order valence-electron chi connectivity index (χ1n) is 5.00. The third-order valence-electron chi connectivity index (χ3n) is 2.54. The fourth-order valence-electron chi connectivity index (χ4n) is 1.68. The Morgan fingerprint density at radius 3 is 3.00 bits per heavy atom. The Bertz CT molecular complexity index is 410. The molecule has 1 saturated heterocycles. The first kappa shape index (κ1) is 11.8. The number of anilines is 1. The van der Waals surface area contributed by atoms with E-state index in [0.29, 0.717) is 10.0 Å². The van der Waals surface area contributed by atoms with Gasteiger partial charge in [0.1, 0.15) is 6.17 Å². The maximum atomic E-state index is 12.9. The molecular weight excluding hydrogens is 251 g/mol. The van der Waals surface area contributed by atoms with Gasteiger partial charge in [-0.3, -0.25) is 4.79 Å². The summed E-state index contributed by atoms with van der Waals surface area (Å²) in [6.45, 7) is 2.13. The Labute approximate surface area is 102 Å². The molecule has 1 aliphatic rings. The van der Waals surface area contributed by atoms with Gasteiger partial charge in [0.25, 0.3) is 0 Å². The van der Waals surface area contributed by atoms with E-state index in [-0.39, 0.29) is 18.9 Å². The summed E-state index contributed by atoms with van der Waals surface area (Å²) in [5.41, 5.74) is 0.712. The molecule has 2 rings (SSSR count). The molecule has 2 N–H and O–H groups in total. The molecule has 1 fully saturated rings. The maximum Gasteiger partial charge on any atom is 0.241 e. The van der Waals surface area contributed by atoms with Gasteiger partial charge in [-0.05, 0) is 13.0 Å². The topological polar surface area (TPSA) is 41.1 Å². The first-order valence-corrected chi connectivity index (χ1v) is 6.20. The number of amides is 1. The number of carbonyl (C=O) groups excluding carboxylic acids is 1. The van der Waals surface area contributed by atoms with E-state index >= 15 is 0 Å². The second-order valence-corrected chi connectivity index (χ2v) is 5.69. The third-order valence-corrected chi connectivity index (χ3v) is 3.72. The molecule has 2 atom stereocenters. The zero-order chi connectivity index (χ0) is 11.7. The van der Waals surface area contributed by atoms with Crippen LogP contribution in [0, 0.1) is 6.92 Å². The SMILES string of the molecule is Cc1sc(Cl)cc1NC(=O)[C@@H]1C[C@@H](F)CN1. The second-order valence-electron chi connectivity index (χ2n) is 3.80. The summed E-state index contributed by atoms with van der Waals surface area (Å²) in [6.07, 6.45) is -0.689. The molecule has 0 aromatic carbocycles. The van der Waals surface area contributed by atoms with E-state index in [1.54, 1.807) is 6.07 Å². The highest BCUT2D eigenvalue weighted by atomic mass is 35.5. The third kappa shape index (κ3) is 2.53. The highest BCUT2D eigenvalue weighted by Crippen LogP contribution is 2.30. The van der Waals surface area contributed by atoms with E-state index in [4.69, 9.17) is 11.6 Å². The van der Waals surface area contributed by atoms with Crippen molar-refractivity contribution in [1.29, 1.82) is 0 Å². The van der Waals surface area contributed by atoms with Crippen LogP contribution in [0.4, 0.5) is 10.1 Å². The van der Waals surface area contributed by atoms with Gasteiger partial charge in [-0.1, -0.05) is 11.6 Å². The van der Waals surface area contributed by atoms with Crippen molar-refractivity contribution in [2.24, 2.45) is 0 Å². The van der Waals surface area contributed by atoms with Gasteiger partial charge < -0.3 is 10.6 Å². The van der Waals surface area contributed by atoms with Crippen LogP contribution in [0.2, 0.25) is 4.34 Å². The molecule has 2 heterocycles. The van der Waals surface area contributed by atoms with Crippen molar-refractivity contribution < 1.29 is 9.18 Å². The molecule has 1 aromatic rings. The van der Waals surface area contributed by atoms with Crippen molar-refractivity contribution in [1.82, 2.24) is 5.32 Å². The molecule has 0 saturated carbocycles. The smallest absolute Gasteiger partial charge is 0.241 e. The average molecular weight is 263 g/mol. The number of thiophene rings is 1. The number of hydrogen-bond acceptors (Lipinski definition) is 3. The number of rotatable bonds is 2. The van der Waals surface area contributed by atoms with Crippen molar-refractivity contribution in [3.05, 3.63) is 15.3 Å². The minimum absolute atomic E-state index is 0.197. The van der Waals surface area contributed by atoms with Crippen LogP contribution < -0.4 is 10.6 Å². The zero-order valence-corrected chi connectivity index (χ0v) is 10.3. The van der Waals surface area contributed by atoms with Crippen molar-refractivity contribution in [2.75, 3.05) is 11.9 Å². The van der Waals surface area contributed by atoms with E-state index in [2.05, 4.69) is 10.6 Å². The van der Waals surface area contributed by atoms with Crippen molar-refractivity contribution in [3.8, 4) is 0 Å². The average Bonchev–Trinajstić information content (AvgIpc) is 2.74. The van der Waals surface area contributed by atoms with E-state index in [1.807, 2.05) is 6.92 Å². The van der Waals surface area contributed by atoms with Gasteiger partial charge in [0.15, 0.2) is 0 Å². The lowest BCUT2D eigenvalue weighted by Gasteiger charge is -2.10.